The molecule has 4 heterocycles. The molecule has 2 aromatic heterocycles. The van der Waals surface area contributed by atoms with Crippen molar-refractivity contribution in [2.45, 2.75) is 63.9 Å². The second-order valence-corrected chi connectivity index (χ2v) is 10.3. The van der Waals surface area contributed by atoms with Gasteiger partial charge < -0.3 is 29.8 Å². The third-order valence-electron chi connectivity index (χ3n) is 5.40. The van der Waals surface area contributed by atoms with Crippen LogP contribution in [0.2, 0.25) is 0 Å². The highest BCUT2D eigenvalue weighted by Crippen LogP contribution is 2.47. The van der Waals surface area contributed by atoms with Crippen molar-refractivity contribution in [1.29, 1.82) is 0 Å². The Bertz CT molecular complexity index is 1090. The molecule has 186 valence electrons. The number of carbonyl (C=O) groups is 1. The Hall–Kier alpha value is -2.06. The van der Waals surface area contributed by atoms with Gasteiger partial charge in [-0.05, 0) is 27.7 Å². The minimum Gasteiger partial charge on any atom is -0.476 e. The average Bonchev–Trinajstić information content (AvgIpc) is 3.41. The molecule has 2 bridgehead atoms. The Kier molecular flexibility index (Phi) is 7.29. The van der Waals surface area contributed by atoms with Gasteiger partial charge in [-0.3, -0.25) is 9.36 Å². The zero-order valence-electron chi connectivity index (χ0n) is 19.2. The predicted molar refractivity (Wildman–Crippen MR) is 124 cm³/mol. The fourth-order valence-corrected chi connectivity index (χ4v) is 5.28. The van der Waals surface area contributed by atoms with Gasteiger partial charge in [0.15, 0.2) is 23.0 Å². The van der Waals surface area contributed by atoms with Crippen LogP contribution >= 0.6 is 7.07 Å². The van der Waals surface area contributed by atoms with E-state index < -0.39 is 43.1 Å². The summed E-state index contributed by atoms with van der Waals surface area (Å²) in [5.41, 5.74) is 5.52. The zero-order valence-corrected chi connectivity index (χ0v) is 20.9. The Morgan fingerprint density at radius 1 is 1.47 bits per heavy atom. The highest BCUT2D eigenvalue weighted by atomic mass is 32.4. The SMILES string of the molecule is CCOc1nc(N)nc2c1ncn2C1OC2(CO[P+](=S)NC(C)C(=O)OC(C)C)COC1C2O. The lowest BCUT2D eigenvalue weighted by Gasteiger charge is -2.29. The van der Waals surface area contributed by atoms with Gasteiger partial charge in [-0.1, -0.05) is 5.09 Å². The van der Waals surface area contributed by atoms with Gasteiger partial charge in [-0.25, -0.2) is 4.98 Å². The number of rotatable bonds is 10. The first-order chi connectivity index (χ1) is 16.1. The fourth-order valence-electron chi connectivity index (χ4n) is 3.82. The van der Waals surface area contributed by atoms with Gasteiger partial charge >= 0.3 is 13.0 Å². The smallest absolute Gasteiger partial charge is 0.440 e. The van der Waals surface area contributed by atoms with E-state index in [0.717, 1.165) is 0 Å². The lowest BCUT2D eigenvalue weighted by atomic mass is 10.0. The first-order valence-electron chi connectivity index (χ1n) is 10.8. The number of anilines is 1. The molecule has 2 fully saturated rings. The van der Waals surface area contributed by atoms with Crippen molar-refractivity contribution in [3.63, 3.8) is 0 Å². The summed E-state index contributed by atoms with van der Waals surface area (Å²) in [5.74, 6) is -0.136. The molecule has 2 aromatic rings. The fraction of sp³-hybridized carbons (Fsp3) is 0.684. The standard InChI is InChI=1S/C19H28N6O7PS/c1-5-28-15-11-14(22-18(20)23-15)25(8-21-11)16-12-13(26)19(32-16,6-29-12)7-30-33(34)24-10(4)17(27)31-9(2)3/h8-10,12-13,16,26H,5-7H2,1-4H3,(H,24,34)(H2,20,22,23)/q+1. The van der Waals surface area contributed by atoms with Crippen LogP contribution in [0.15, 0.2) is 6.33 Å². The molecule has 2 saturated heterocycles. The van der Waals surface area contributed by atoms with Gasteiger partial charge in [0.1, 0.15) is 24.9 Å². The molecule has 0 radical (unpaired) electrons. The minimum atomic E-state index is -1.62. The summed E-state index contributed by atoms with van der Waals surface area (Å²) in [5, 5.41) is 13.8. The van der Waals surface area contributed by atoms with E-state index in [0.29, 0.717) is 17.8 Å². The van der Waals surface area contributed by atoms with E-state index in [4.69, 9.17) is 41.0 Å². The first-order valence-corrected chi connectivity index (χ1v) is 13.1. The molecule has 34 heavy (non-hydrogen) atoms. The second-order valence-electron chi connectivity index (χ2n) is 8.30. The van der Waals surface area contributed by atoms with E-state index in [2.05, 4.69) is 20.0 Å². The van der Waals surface area contributed by atoms with Gasteiger partial charge in [-0.2, -0.15) is 9.97 Å². The number of hydrogen-bond acceptors (Lipinski definition) is 12. The van der Waals surface area contributed by atoms with E-state index in [9.17, 15) is 9.90 Å². The number of nitrogen functional groups attached to an aromatic ring is 1. The average molecular weight is 516 g/mol. The highest BCUT2D eigenvalue weighted by molar-refractivity contribution is 8.02. The van der Waals surface area contributed by atoms with Crippen molar-refractivity contribution in [2.24, 2.45) is 0 Å². The van der Waals surface area contributed by atoms with Crippen LogP contribution in [0.5, 0.6) is 5.88 Å². The number of hydrogen-bond donors (Lipinski definition) is 3. The molecule has 2 aliphatic rings. The maximum Gasteiger partial charge on any atom is 0.440 e. The molecule has 4 N–H and O–H groups in total. The lowest BCUT2D eigenvalue weighted by molar-refractivity contribution is -0.181. The van der Waals surface area contributed by atoms with Crippen molar-refractivity contribution in [1.82, 2.24) is 24.6 Å². The quantitative estimate of drug-likeness (QED) is 0.297. The maximum absolute atomic E-state index is 12.0. The summed E-state index contributed by atoms with van der Waals surface area (Å²) in [6.45, 7) is 7.47. The highest BCUT2D eigenvalue weighted by Gasteiger charge is 2.63. The number of carbonyl (C=O) groups excluding carboxylic acids is 1. The van der Waals surface area contributed by atoms with E-state index >= 15 is 0 Å². The van der Waals surface area contributed by atoms with Crippen LogP contribution in [0.1, 0.15) is 33.9 Å². The molecule has 6 unspecified atom stereocenters. The molecule has 0 amide bonds. The lowest BCUT2D eigenvalue weighted by Crippen LogP contribution is -2.45. The van der Waals surface area contributed by atoms with Crippen molar-refractivity contribution in [3.8, 4) is 5.88 Å². The van der Waals surface area contributed by atoms with Crippen molar-refractivity contribution < 1.29 is 33.4 Å². The maximum atomic E-state index is 12.0. The van der Waals surface area contributed by atoms with Crippen LogP contribution in [-0.4, -0.2) is 80.4 Å². The normalized spacial score (nSPS) is 27.4. The molecule has 0 aromatic carbocycles. The molecule has 13 nitrogen and oxygen atoms in total. The Balaban J connectivity index is 1.46. The monoisotopic (exact) mass is 515 g/mol. The number of esters is 1. The van der Waals surface area contributed by atoms with Gasteiger partial charge in [0, 0.05) is 0 Å². The number of nitrogens with zero attached hydrogens (tertiary/aromatic N) is 4. The summed E-state index contributed by atoms with van der Waals surface area (Å²) < 4.78 is 30.1. The van der Waals surface area contributed by atoms with Crippen molar-refractivity contribution in [2.75, 3.05) is 25.6 Å². The molecule has 4 rings (SSSR count). The number of aromatic nitrogens is 4. The third-order valence-corrected chi connectivity index (χ3v) is 6.99. The van der Waals surface area contributed by atoms with E-state index in [-0.39, 0.29) is 31.1 Å². The summed E-state index contributed by atoms with van der Waals surface area (Å²) in [6, 6.07) is -0.639. The van der Waals surface area contributed by atoms with Crippen molar-refractivity contribution in [3.05, 3.63) is 6.33 Å². The number of aliphatic hydroxyl groups is 1. The zero-order chi connectivity index (χ0) is 24.6. The number of aliphatic hydroxyl groups excluding tert-OH is 1. The molecule has 0 saturated carbocycles. The molecule has 15 heteroatoms. The number of fused-ring (bicyclic) bond motifs is 3. The molecule has 6 atom stereocenters. The van der Waals surface area contributed by atoms with Gasteiger partial charge in [-0.15, -0.1) is 4.52 Å². The number of ether oxygens (including phenoxy) is 4. The molecule has 0 aliphatic carbocycles. The van der Waals surface area contributed by atoms with Crippen LogP contribution in [0.25, 0.3) is 11.2 Å². The summed E-state index contributed by atoms with van der Waals surface area (Å²) >= 11 is 5.34. The largest absolute Gasteiger partial charge is 0.476 e. The number of nitrogens with two attached hydrogens (primary N) is 1. The number of nitrogens with one attached hydrogen (secondary N) is 1. The van der Waals surface area contributed by atoms with Crippen LogP contribution in [0.4, 0.5) is 5.95 Å². The van der Waals surface area contributed by atoms with Crippen LogP contribution in [-0.2, 0) is 35.3 Å². The van der Waals surface area contributed by atoms with Gasteiger partial charge in [0.05, 0.1) is 25.6 Å². The van der Waals surface area contributed by atoms with Crippen LogP contribution in [0.3, 0.4) is 0 Å². The minimum absolute atomic E-state index is 0.0216. The van der Waals surface area contributed by atoms with Crippen molar-refractivity contribution >= 4 is 42.0 Å². The molecule has 2 aliphatic heterocycles. The molecule has 0 spiro atoms. The Labute approximate surface area is 201 Å². The number of imidazole rings is 1. The summed E-state index contributed by atoms with van der Waals surface area (Å²) in [7, 11) is -1.62. The summed E-state index contributed by atoms with van der Waals surface area (Å²) in [6.07, 6.45) is -1.12. The Morgan fingerprint density at radius 3 is 2.94 bits per heavy atom. The molecular formula is C19H28N6O7PS+. The van der Waals surface area contributed by atoms with E-state index in [1.165, 1.54) is 6.33 Å². The molecular weight excluding hydrogens is 487 g/mol. The van der Waals surface area contributed by atoms with Gasteiger partial charge in [0.25, 0.3) is 0 Å². The van der Waals surface area contributed by atoms with E-state index in [1.807, 2.05) is 6.92 Å². The Morgan fingerprint density at radius 2 is 2.24 bits per heavy atom. The predicted octanol–water partition coefficient (Wildman–Crippen LogP) is 0.555. The second kappa shape index (κ2) is 9.90. The first kappa shape index (κ1) is 25.0. The van der Waals surface area contributed by atoms with Crippen LogP contribution in [0, 0.1) is 0 Å². The third kappa shape index (κ3) is 4.71. The van der Waals surface area contributed by atoms with E-state index in [1.54, 1.807) is 25.3 Å². The topological polar surface area (TPSA) is 165 Å². The van der Waals surface area contributed by atoms with Crippen LogP contribution < -0.4 is 15.6 Å². The van der Waals surface area contributed by atoms with Gasteiger partial charge in [0.2, 0.25) is 23.6 Å². The summed E-state index contributed by atoms with van der Waals surface area (Å²) in [4.78, 5) is 24.7.